The van der Waals surface area contributed by atoms with Crippen molar-refractivity contribution in [3.05, 3.63) is 76.6 Å². The highest BCUT2D eigenvalue weighted by atomic mass is 32.2. The summed E-state index contributed by atoms with van der Waals surface area (Å²) in [4.78, 5) is 16.6. The molecule has 1 aromatic heterocycles. The van der Waals surface area contributed by atoms with Crippen molar-refractivity contribution in [2.24, 2.45) is 5.10 Å². The van der Waals surface area contributed by atoms with Gasteiger partial charge in [0.25, 0.3) is 0 Å². The molecule has 3 N–H and O–H groups in total. The first-order valence-corrected chi connectivity index (χ1v) is 11.1. The van der Waals surface area contributed by atoms with Crippen molar-refractivity contribution in [2.75, 3.05) is 0 Å². The maximum atomic E-state index is 11.8. The zero-order valence-electron chi connectivity index (χ0n) is 17.3. The van der Waals surface area contributed by atoms with Crippen LogP contribution in [0.15, 0.2) is 64.9 Å². The number of nitrogens with one attached hydrogen (secondary N) is 1. The Bertz CT molecular complexity index is 1190. The van der Waals surface area contributed by atoms with Crippen molar-refractivity contribution in [1.29, 1.82) is 0 Å². The highest BCUT2D eigenvalue weighted by Crippen LogP contribution is 2.21. The highest BCUT2D eigenvalue weighted by Gasteiger charge is 2.16. The molecule has 0 aliphatic carbocycles. The lowest BCUT2D eigenvalue weighted by Gasteiger charge is -2.07. The minimum atomic E-state index is -2.33. The van der Waals surface area contributed by atoms with E-state index in [2.05, 4.69) is 15.5 Å². The summed E-state index contributed by atoms with van der Waals surface area (Å²) in [5.74, 6) is -0.300. The Morgan fingerprint density at radius 2 is 2.03 bits per heavy atom. The first kappa shape index (κ1) is 24.4. The van der Waals surface area contributed by atoms with Gasteiger partial charge in [0.1, 0.15) is 5.69 Å². The number of carbonyl (C=O) groups excluding carboxylic acids is 1. The summed E-state index contributed by atoms with van der Waals surface area (Å²) in [6.07, 6.45) is 10.1. The topological polar surface area (TPSA) is 112 Å². The van der Waals surface area contributed by atoms with Gasteiger partial charge in [0, 0.05) is 41.8 Å². The molecule has 0 saturated carbocycles. The number of pyridine rings is 1. The normalized spacial score (nSPS) is 14.9. The molecule has 0 bridgehead atoms. The van der Waals surface area contributed by atoms with E-state index in [1.807, 2.05) is 37.3 Å². The van der Waals surface area contributed by atoms with E-state index in [0.717, 1.165) is 15.3 Å². The molecule has 2 aromatic rings. The summed E-state index contributed by atoms with van der Waals surface area (Å²) >= 11 is -1.65. The van der Waals surface area contributed by atoms with Crippen molar-refractivity contribution < 1.29 is 18.1 Å². The lowest BCUT2D eigenvalue weighted by Crippen LogP contribution is -2.23. The lowest BCUT2D eigenvalue weighted by atomic mass is 10.1. The third-order valence-corrected chi connectivity index (χ3v) is 5.28. The molecule has 0 amide bonds. The molecule has 0 aliphatic rings. The number of benzene rings is 1. The van der Waals surface area contributed by atoms with Crippen LogP contribution in [0, 0.1) is 0 Å². The third kappa shape index (κ3) is 7.11. The first-order valence-electron chi connectivity index (χ1n) is 9.20. The molecule has 9 heteroatoms. The summed E-state index contributed by atoms with van der Waals surface area (Å²) in [5.41, 5.74) is 3.60. The fraction of sp³-hybridized carbons (Fsp3) is 0.136. The second-order valence-electron chi connectivity index (χ2n) is 6.29. The van der Waals surface area contributed by atoms with Gasteiger partial charge >= 0.3 is 0 Å². The number of hydrogen-bond donors (Lipinski definition) is 3. The van der Waals surface area contributed by atoms with Gasteiger partial charge in [-0.25, -0.2) is 4.21 Å². The van der Waals surface area contributed by atoms with Crippen LogP contribution in [-0.4, -0.2) is 29.8 Å². The zero-order chi connectivity index (χ0) is 22.8. The van der Waals surface area contributed by atoms with Gasteiger partial charge in [-0.3, -0.25) is 15.2 Å². The summed E-state index contributed by atoms with van der Waals surface area (Å²) in [6, 6.07) is 8.79. The molecular weight excluding hydrogens is 434 g/mol. The predicted octanol–water partition coefficient (Wildman–Crippen LogP) is 3.17. The Morgan fingerprint density at radius 1 is 1.26 bits per heavy atom. The van der Waals surface area contributed by atoms with Gasteiger partial charge in [0.05, 0.1) is 10.6 Å². The fourth-order valence-electron chi connectivity index (χ4n) is 2.68. The summed E-state index contributed by atoms with van der Waals surface area (Å²) in [6.45, 7) is 4.94. The van der Waals surface area contributed by atoms with Crippen molar-refractivity contribution in [3.63, 3.8) is 0 Å². The van der Waals surface area contributed by atoms with Crippen molar-refractivity contribution in [2.45, 2.75) is 25.7 Å². The molecule has 1 heterocycles. The third-order valence-electron chi connectivity index (χ3n) is 4.10. The molecule has 0 spiro atoms. The molecule has 0 fully saturated rings. The van der Waals surface area contributed by atoms with Crippen LogP contribution >= 0.6 is 12.0 Å². The van der Waals surface area contributed by atoms with Gasteiger partial charge in [0.2, 0.25) is 0 Å². The zero-order valence-corrected chi connectivity index (χ0v) is 18.9. The average molecular weight is 458 g/mol. The Morgan fingerprint density at radius 3 is 2.68 bits per heavy atom. The number of ketones is 1. The van der Waals surface area contributed by atoms with Gasteiger partial charge in [-0.05, 0) is 60.7 Å². The number of rotatable bonds is 8. The second-order valence-corrected chi connectivity index (χ2v) is 7.88. The molecule has 0 radical (unpaired) electrons. The quantitative estimate of drug-likeness (QED) is 0.183. The van der Waals surface area contributed by atoms with Crippen LogP contribution < -0.4 is 15.9 Å². The Balaban J connectivity index is 2.24. The van der Waals surface area contributed by atoms with Crippen LogP contribution in [0.2, 0.25) is 0 Å². The van der Waals surface area contributed by atoms with Crippen LogP contribution in [0.4, 0.5) is 0 Å². The largest absolute Gasteiger partial charge is 0.325 e. The number of hydrazone groups is 1. The van der Waals surface area contributed by atoms with Crippen molar-refractivity contribution >= 4 is 51.7 Å². The van der Waals surface area contributed by atoms with E-state index in [9.17, 15) is 18.1 Å². The van der Waals surface area contributed by atoms with Gasteiger partial charge in [-0.1, -0.05) is 18.2 Å². The number of nitrogens with zero attached hydrogens (tertiary/aromatic N) is 2. The number of allylic oxidation sites excluding steroid dienone is 2. The van der Waals surface area contributed by atoms with Gasteiger partial charge < -0.3 is 9.11 Å². The Hall–Kier alpha value is -2.85. The first-order chi connectivity index (χ1) is 14.9. The monoisotopic (exact) mass is 457 g/mol. The number of hydrogen-bond acceptors (Lipinski definition) is 7. The number of Topliss-reactive ketones (excluding diaryl/α,β-unsaturated/α-hetero) is 1. The molecule has 1 unspecified atom stereocenters. The van der Waals surface area contributed by atoms with Gasteiger partial charge in [0.15, 0.2) is 16.9 Å². The summed E-state index contributed by atoms with van der Waals surface area (Å²) in [5, 5.41) is 6.10. The lowest BCUT2D eigenvalue weighted by molar-refractivity contribution is 0.101. The van der Waals surface area contributed by atoms with E-state index < -0.39 is 11.1 Å². The number of aromatic nitrogens is 1. The SMILES string of the molecule is C/C=c1/ccc(SO)c/c1=C/C=C/NN=C(C)C=C(c1cccnc1C(C)=O)S(=O)O. The predicted molar refractivity (Wildman–Crippen MR) is 127 cm³/mol. The van der Waals surface area contributed by atoms with E-state index >= 15 is 0 Å². The average Bonchev–Trinajstić information content (AvgIpc) is 2.76. The van der Waals surface area contributed by atoms with Gasteiger partial charge in [-0.2, -0.15) is 5.10 Å². The minimum absolute atomic E-state index is 0.0401. The van der Waals surface area contributed by atoms with Crippen LogP contribution in [0.5, 0.6) is 0 Å². The van der Waals surface area contributed by atoms with Crippen molar-refractivity contribution in [3.8, 4) is 0 Å². The van der Waals surface area contributed by atoms with Crippen molar-refractivity contribution in [1.82, 2.24) is 10.4 Å². The van der Waals surface area contributed by atoms with E-state index in [4.69, 9.17) is 0 Å². The van der Waals surface area contributed by atoms with E-state index in [1.54, 1.807) is 31.3 Å². The van der Waals surface area contributed by atoms with Crippen LogP contribution in [0.1, 0.15) is 36.8 Å². The molecular formula is C22H23N3O4S2. The molecule has 31 heavy (non-hydrogen) atoms. The van der Waals surface area contributed by atoms with Crippen LogP contribution in [-0.2, 0) is 11.1 Å². The Labute approximate surface area is 187 Å². The fourth-order valence-corrected chi connectivity index (χ4v) is 3.61. The molecule has 1 aromatic carbocycles. The van der Waals surface area contributed by atoms with Crippen LogP contribution in [0.25, 0.3) is 17.1 Å². The Kier molecular flexibility index (Phi) is 9.54. The maximum Gasteiger partial charge on any atom is 0.187 e. The number of carbonyl (C=O) groups is 1. The van der Waals surface area contributed by atoms with E-state index in [1.165, 1.54) is 19.2 Å². The van der Waals surface area contributed by atoms with E-state index in [0.29, 0.717) is 23.3 Å². The minimum Gasteiger partial charge on any atom is -0.325 e. The summed E-state index contributed by atoms with van der Waals surface area (Å²) < 4.78 is 30.8. The van der Waals surface area contributed by atoms with E-state index in [-0.39, 0.29) is 16.4 Å². The van der Waals surface area contributed by atoms with Gasteiger partial charge in [-0.15, -0.1) is 0 Å². The smallest absolute Gasteiger partial charge is 0.187 e. The molecule has 7 nitrogen and oxygen atoms in total. The molecule has 2 rings (SSSR count). The molecule has 0 saturated heterocycles. The molecule has 1 atom stereocenters. The molecule has 0 aliphatic heterocycles. The van der Waals surface area contributed by atoms with Crippen LogP contribution in [0.3, 0.4) is 0 Å². The second kappa shape index (κ2) is 12.1. The summed E-state index contributed by atoms with van der Waals surface area (Å²) in [7, 11) is 0. The standard InChI is InChI=1S/C22H23N3O4S2/c1-4-17-9-10-19(30-27)14-18(17)7-5-12-24-25-15(2)13-21(31(28)29)20-8-6-11-23-22(20)16(3)26/h4-14,24,27H,1-3H3,(H,28,29)/b12-5+,17-4-,18-7-,21-13?,25-15?. The highest BCUT2D eigenvalue weighted by molar-refractivity contribution is 7.93. The molecule has 162 valence electrons. The maximum absolute atomic E-state index is 11.8.